The number of esters is 3. The van der Waals surface area contributed by atoms with Crippen molar-refractivity contribution in [3.8, 4) is 17.2 Å². The zero-order valence-electron chi connectivity index (χ0n) is 20.3. The fourth-order valence-electron chi connectivity index (χ4n) is 2.84. The first-order valence-electron chi connectivity index (χ1n) is 10.8. The number of benzene rings is 2. The summed E-state index contributed by atoms with van der Waals surface area (Å²) >= 11 is 0. The van der Waals surface area contributed by atoms with Crippen molar-refractivity contribution in [3.05, 3.63) is 65.2 Å². The number of aromatic carboxylic acids is 1. The molecule has 1 unspecified atom stereocenters. The Kier molecular flexibility index (Phi) is 10.9. The largest absolute Gasteiger partial charge is 0.493 e. The van der Waals surface area contributed by atoms with Gasteiger partial charge in [-0.15, -0.1) is 0 Å². The monoisotopic (exact) mass is 514 g/mol. The zero-order valence-corrected chi connectivity index (χ0v) is 20.3. The van der Waals surface area contributed by atoms with E-state index in [0.717, 1.165) is 13.0 Å². The number of carboxylic acid groups (broad SMARTS) is 1. The summed E-state index contributed by atoms with van der Waals surface area (Å²) in [4.78, 5) is 46.2. The van der Waals surface area contributed by atoms with E-state index >= 15 is 0 Å². The Morgan fingerprint density at radius 3 is 1.81 bits per heavy atom. The maximum Gasteiger partial charge on any atom is 0.339 e. The Morgan fingerprint density at radius 2 is 1.32 bits per heavy atom. The molecular formula is C26H26O11. The number of carboxylic acids is 1. The highest BCUT2D eigenvalue weighted by Gasteiger charge is 2.14. The molecule has 0 amide bonds. The van der Waals surface area contributed by atoms with Crippen molar-refractivity contribution in [1.29, 1.82) is 0 Å². The summed E-state index contributed by atoms with van der Waals surface area (Å²) in [6, 6.07) is 8.97. The number of hydrogen-bond donors (Lipinski definition) is 2. The molecule has 0 aliphatic carbocycles. The molecule has 0 aromatic heterocycles. The van der Waals surface area contributed by atoms with Crippen LogP contribution in [0.3, 0.4) is 0 Å². The summed E-state index contributed by atoms with van der Waals surface area (Å²) in [5, 5.41) is 19.1. The van der Waals surface area contributed by atoms with Gasteiger partial charge in [-0.2, -0.15) is 0 Å². The van der Waals surface area contributed by atoms with Crippen LogP contribution in [0.5, 0.6) is 17.2 Å². The van der Waals surface area contributed by atoms with E-state index in [1.165, 1.54) is 50.6 Å². The van der Waals surface area contributed by atoms with E-state index in [1.807, 2.05) is 0 Å². The molecule has 0 fully saturated rings. The van der Waals surface area contributed by atoms with Gasteiger partial charge < -0.3 is 33.9 Å². The van der Waals surface area contributed by atoms with E-state index in [1.54, 1.807) is 18.2 Å². The minimum Gasteiger partial charge on any atom is -0.493 e. The summed E-state index contributed by atoms with van der Waals surface area (Å²) in [5.74, 6) is -2.65. The van der Waals surface area contributed by atoms with E-state index in [-0.39, 0.29) is 11.3 Å². The van der Waals surface area contributed by atoms with Gasteiger partial charge in [0, 0.05) is 19.1 Å². The number of hydrogen-bond acceptors (Lipinski definition) is 10. The van der Waals surface area contributed by atoms with Crippen LogP contribution in [0.15, 0.2) is 48.6 Å². The van der Waals surface area contributed by atoms with Gasteiger partial charge in [-0.3, -0.25) is 4.79 Å². The summed E-state index contributed by atoms with van der Waals surface area (Å²) in [5.41, 5.74) is 0.813. The molecule has 0 radical (unpaired) electrons. The number of rotatable bonds is 12. The smallest absolute Gasteiger partial charge is 0.339 e. The van der Waals surface area contributed by atoms with E-state index in [2.05, 4.69) is 0 Å². The van der Waals surface area contributed by atoms with Crippen LogP contribution < -0.4 is 14.2 Å². The van der Waals surface area contributed by atoms with E-state index in [0.29, 0.717) is 22.6 Å². The van der Waals surface area contributed by atoms with E-state index in [4.69, 9.17) is 28.8 Å². The molecule has 0 saturated heterocycles. The molecule has 0 saturated carbocycles. The first-order valence-corrected chi connectivity index (χ1v) is 10.8. The maximum atomic E-state index is 11.9. The van der Waals surface area contributed by atoms with Gasteiger partial charge in [0.2, 0.25) is 0 Å². The molecule has 2 rings (SSSR count). The van der Waals surface area contributed by atoms with Gasteiger partial charge in [-0.25, -0.2) is 14.4 Å². The summed E-state index contributed by atoms with van der Waals surface area (Å²) in [7, 11) is 3.00. The third-order valence-corrected chi connectivity index (χ3v) is 4.56. The summed E-state index contributed by atoms with van der Waals surface area (Å²) < 4.78 is 25.1. The lowest BCUT2D eigenvalue weighted by Gasteiger charge is -2.10. The molecule has 0 aliphatic heterocycles. The quantitative estimate of drug-likeness (QED) is 0.244. The van der Waals surface area contributed by atoms with E-state index in [9.17, 15) is 24.3 Å². The molecular weight excluding hydrogens is 488 g/mol. The molecule has 0 spiro atoms. The molecule has 196 valence electrons. The first-order chi connectivity index (χ1) is 17.6. The number of aliphatic hydroxyl groups is 1. The SMILES string of the molecule is COc1ccc(C=CC(=O)OCC(O)COC(=O)C=Cc2ccc(C(=O)O)c(OC(C)=O)c2)cc1OC. The van der Waals surface area contributed by atoms with Crippen LogP contribution >= 0.6 is 0 Å². The van der Waals surface area contributed by atoms with Gasteiger partial charge >= 0.3 is 23.9 Å². The van der Waals surface area contributed by atoms with Crippen LogP contribution in [0.25, 0.3) is 12.2 Å². The summed E-state index contributed by atoms with van der Waals surface area (Å²) in [6.45, 7) is 0.281. The first kappa shape index (κ1) is 28.6. The third kappa shape index (κ3) is 9.49. The topological polar surface area (TPSA) is 155 Å². The van der Waals surface area contributed by atoms with Gasteiger partial charge in [0.15, 0.2) is 11.5 Å². The molecule has 11 nitrogen and oxygen atoms in total. The average molecular weight is 514 g/mol. The molecule has 0 bridgehead atoms. The second-order valence-corrected chi connectivity index (χ2v) is 7.35. The predicted octanol–water partition coefficient (Wildman–Crippen LogP) is 2.50. The maximum absolute atomic E-state index is 11.9. The molecule has 0 heterocycles. The van der Waals surface area contributed by atoms with Gasteiger partial charge in [-0.1, -0.05) is 12.1 Å². The Bertz CT molecular complexity index is 1200. The van der Waals surface area contributed by atoms with Gasteiger partial charge in [0.25, 0.3) is 0 Å². The van der Waals surface area contributed by atoms with Crippen molar-refractivity contribution < 1.29 is 53.1 Å². The number of methoxy groups -OCH3 is 2. The van der Waals surface area contributed by atoms with Crippen molar-refractivity contribution in [2.24, 2.45) is 0 Å². The van der Waals surface area contributed by atoms with Crippen molar-refractivity contribution in [3.63, 3.8) is 0 Å². The van der Waals surface area contributed by atoms with Crippen LogP contribution in [0, 0.1) is 0 Å². The highest BCUT2D eigenvalue weighted by atomic mass is 16.6. The van der Waals surface area contributed by atoms with Crippen molar-refractivity contribution >= 4 is 36.0 Å². The Labute approximate surface area is 212 Å². The zero-order chi connectivity index (χ0) is 27.4. The molecule has 2 N–H and O–H groups in total. The number of aliphatic hydroxyl groups excluding tert-OH is 1. The molecule has 11 heteroatoms. The number of carbonyl (C=O) groups excluding carboxylic acids is 3. The van der Waals surface area contributed by atoms with Crippen molar-refractivity contribution in [2.45, 2.75) is 13.0 Å². The van der Waals surface area contributed by atoms with Gasteiger partial charge in [0.1, 0.15) is 30.6 Å². The molecule has 1 atom stereocenters. The Balaban J connectivity index is 1.82. The minimum absolute atomic E-state index is 0.173. The van der Waals surface area contributed by atoms with E-state index < -0.39 is 43.2 Å². The summed E-state index contributed by atoms with van der Waals surface area (Å²) in [6.07, 6.45) is 3.76. The standard InChI is InChI=1S/C26H26O11/c1-16(27)37-22-12-17(4-8-20(22)26(31)32)6-10-24(29)35-14-19(28)15-36-25(30)11-7-18-5-9-21(33-2)23(13-18)34-3/h4-13,19,28H,14-15H2,1-3H3,(H,31,32). The third-order valence-electron chi connectivity index (χ3n) is 4.56. The van der Waals surface area contributed by atoms with Gasteiger partial charge in [-0.05, 0) is 47.5 Å². The minimum atomic E-state index is -1.28. The lowest BCUT2D eigenvalue weighted by Crippen LogP contribution is -2.24. The Morgan fingerprint density at radius 1 is 0.811 bits per heavy atom. The van der Waals surface area contributed by atoms with Crippen molar-refractivity contribution in [2.75, 3.05) is 27.4 Å². The second kappa shape index (κ2) is 14.0. The van der Waals surface area contributed by atoms with Crippen LogP contribution in [-0.4, -0.2) is 67.6 Å². The van der Waals surface area contributed by atoms with Crippen LogP contribution in [0.1, 0.15) is 28.4 Å². The highest BCUT2D eigenvalue weighted by Crippen LogP contribution is 2.28. The highest BCUT2D eigenvalue weighted by molar-refractivity contribution is 5.93. The van der Waals surface area contributed by atoms with Crippen LogP contribution in [-0.2, 0) is 23.9 Å². The van der Waals surface area contributed by atoms with Gasteiger partial charge in [0.05, 0.1) is 14.2 Å². The van der Waals surface area contributed by atoms with Crippen molar-refractivity contribution in [1.82, 2.24) is 0 Å². The lowest BCUT2D eigenvalue weighted by atomic mass is 10.1. The molecule has 0 aliphatic rings. The van der Waals surface area contributed by atoms with Crippen LogP contribution in [0.4, 0.5) is 0 Å². The molecule has 2 aromatic carbocycles. The molecule has 37 heavy (non-hydrogen) atoms. The fourth-order valence-corrected chi connectivity index (χ4v) is 2.84. The molecule has 2 aromatic rings. The second-order valence-electron chi connectivity index (χ2n) is 7.35. The average Bonchev–Trinajstić information content (AvgIpc) is 2.87. The predicted molar refractivity (Wildman–Crippen MR) is 130 cm³/mol. The lowest BCUT2D eigenvalue weighted by molar-refractivity contribution is -0.146. The number of carbonyl (C=O) groups is 4. The fraction of sp³-hybridized carbons (Fsp3) is 0.231. The van der Waals surface area contributed by atoms with Crippen LogP contribution in [0.2, 0.25) is 0 Å². The number of ether oxygens (including phenoxy) is 5. The normalized spacial score (nSPS) is 11.7. The Hall–Kier alpha value is -4.64.